The standard InChI is InChI=1S/C28H28N8O21S7/c29-26-21(34-31-18-3-1-2-4-23(18)60(41,42)43)15-22(35-32-19-7-5-16(13-24(19)61(44,45)46)58(37,38)11-9-56-63(50,51)52)27(30)28(26)36-33-20-8-6-17(14-25(20)62(47,48)49)59(39,40)12-10-57-64(53,54)55/h1-8,13-15H,9-12,29-30H2,(H,41,42,43)(H,44,45,46)(H,47,48,49)(H,50,51,52)(H,53,54,55)/b34-31+,35-32+,36-33+. The molecule has 0 spiro atoms. The van der Waals surface area contributed by atoms with E-state index in [1.807, 2.05) is 0 Å². The van der Waals surface area contributed by atoms with Gasteiger partial charge in [0.25, 0.3) is 30.4 Å². The molecule has 29 nitrogen and oxygen atoms in total. The van der Waals surface area contributed by atoms with E-state index < -0.39 is 166 Å². The predicted molar refractivity (Wildman–Crippen MR) is 216 cm³/mol. The third-order valence-corrected chi connectivity index (χ3v) is 14.5. The fourth-order valence-electron chi connectivity index (χ4n) is 4.71. The second kappa shape index (κ2) is 19.0. The molecular formula is C28H28N8O21S7. The summed E-state index contributed by atoms with van der Waals surface area (Å²) in [5.74, 6) is -2.24. The zero-order valence-electron chi connectivity index (χ0n) is 31.1. The van der Waals surface area contributed by atoms with Gasteiger partial charge in [0.1, 0.15) is 48.8 Å². The highest BCUT2D eigenvalue weighted by Gasteiger charge is 2.26. The lowest BCUT2D eigenvalue weighted by atomic mass is 10.2. The summed E-state index contributed by atoms with van der Waals surface area (Å²) >= 11 is 0. The second-order valence-corrected chi connectivity index (χ2v) is 22.6. The van der Waals surface area contributed by atoms with Crippen LogP contribution in [0.25, 0.3) is 0 Å². The number of anilines is 2. The Hall–Kier alpha value is -5.35. The second-order valence-electron chi connectivity index (χ2n) is 12.0. The van der Waals surface area contributed by atoms with Crippen molar-refractivity contribution in [3.63, 3.8) is 0 Å². The van der Waals surface area contributed by atoms with Crippen LogP contribution in [-0.2, 0) is 79.2 Å². The van der Waals surface area contributed by atoms with Gasteiger partial charge in [-0.05, 0) is 54.6 Å². The molecule has 64 heavy (non-hydrogen) atoms. The third-order valence-electron chi connectivity index (χ3n) is 7.57. The highest BCUT2D eigenvalue weighted by atomic mass is 32.3. The Morgan fingerprint density at radius 1 is 0.422 bits per heavy atom. The Labute approximate surface area is 362 Å². The molecule has 4 aromatic rings. The van der Waals surface area contributed by atoms with Crippen LogP contribution in [0.2, 0.25) is 0 Å². The number of azo groups is 3. The Bertz CT molecular complexity index is 3420. The van der Waals surface area contributed by atoms with Gasteiger partial charge in [0, 0.05) is 0 Å². The van der Waals surface area contributed by atoms with Gasteiger partial charge in [-0.3, -0.25) is 22.8 Å². The first-order chi connectivity index (χ1) is 29.2. The maximum atomic E-state index is 12.8. The number of nitrogens with zero attached hydrogens (tertiary/aromatic N) is 6. The van der Waals surface area contributed by atoms with Crippen LogP contribution in [0, 0.1) is 0 Å². The number of hydrogen-bond donors (Lipinski definition) is 7. The fraction of sp³-hybridized carbons (Fsp3) is 0.143. The minimum absolute atomic E-state index is 0.396. The lowest BCUT2D eigenvalue weighted by Gasteiger charge is -2.11. The lowest BCUT2D eigenvalue weighted by molar-refractivity contribution is 0.282. The fourth-order valence-corrected chi connectivity index (χ4v) is 9.80. The van der Waals surface area contributed by atoms with Crippen LogP contribution in [0.15, 0.2) is 122 Å². The minimum Gasteiger partial charge on any atom is -0.395 e. The molecule has 9 N–H and O–H groups in total. The van der Waals surface area contributed by atoms with Gasteiger partial charge in [0.15, 0.2) is 19.7 Å². The van der Waals surface area contributed by atoms with Gasteiger partial charge in [-0.15, -0.1) is 30.7 Å². The van der Waals surface area contributed by atoms with E-state index in [2.05, 4.69) is 39.1 Å². The molecule has 0 atom stereocenters. The van der Waals surface area contributed by atoms with E-state index in [1.54, 1.807) is 0 Å². The number of sulfone groups is 2. The molecule has 4 rings (SSSR count). The maximum Gasteiger partial charge on any atom is 0.397 e. The van der Waals surface area contributed by atoms with Crippen LogP contribution in [0.5, 0.6) is 0 Å². The molecule has 0 heterocycles. The first kappa shape index (κ1) is 51.3. The van der Waals surface area contributed by atoms with E-state index in [9.17, 15) is 72.6 Å². The van der Waals surface area contributed by atoms with Gasteiger partial charge in [0.2, 0.25) is 0 Å². The van der Waals surface area contributed by atoms with Crippen molar-refractivity contribution in [2.45, 2.75) is 24.5 Å². The largest absolute Gasteiger partial charge is 0.397 e. The van der Waals surface area contributed by atoms with Crippen molar-refractivity contribution in [3.05, 3.63) is 66.7 Å². The van der Waals surface area contributed by atoms with Crippen LogP contribution in [-0.4, -0.2) is 106 Å². The van der Waals surface area contributed by atoms with Crippen molar-refractivity contribution in [2.24, 2.45) is 30.7 Å². The van der Waals surface area contributed by atoms with Crippen molar-refractivity contribution in [3.8, 4) is 0 Å². The first-order valence-electron chi connectivity index (χ1n) is 16.2. The van der Waals surface area contributed by atoms with Crippen LogP contribution in [0.1, 0.15) is 0 Å². The van der Waals surface area contributed by atoms with Crippen molar-refractivity contribution >= 4 is 116 Å². The van der Waals surface area contributed by atoms with Gasteiger partial charge in [-0.25, -0.2) is 25.2 Å². The van der Waals surface area contributed by atoms with Crippen molar-refractivity contribution in [1.82, 2.24) is 0 Å². The molecule has 36 heteroatoms. The SMILES string of the molecule is Nc1c(/N=N/c2ccccc2S(=O)(=O)O)cc(/N=N/c2ccc(S(=O)(=O)CCOS(=O)(=O)O)cc2S(=O)(=O)O)c(N)c1/N=N/c1ccc(S(=O)(=O)CCOS(=O)(=O)O)cc1S(=O)(=O)O. The molecule has 0 fully saturated rings. The first-order valence-corrected chi connectivity index (χ1v) is 26.5. The van der Waals surface area contributed by atoms with E-state index in [0.29, 0.717) is 24.3 Å². The molecule has 0 saturated heterocycles. The summed E-state index contributed by atoms with van der Waals surface area (Å²) in [4.78, 5) is -4.79. The van der Waals surface area contributed by atoms with Crippen LogP contribution in [0.3, 0.4) is 0 Å². The number of nitrogens with two attached hydrogens (primary N) is 2. The number of benzene rings is 4. The summed E-state index contributed by atoms with van der Waals surface area (Å²) in [6, 6.07) is 9.14. The Kier molecular flexibility index (Phi) is 15.2. The predicted octanol–water partition coefficient (Wildman–Crippen LogP) is 3.02. The zero-order valence-corrected chi connectivity index (χ0v) is 36.9. The van der Waals surface area contributed by atoms with E-state index in [-0.39, 0.29) is 0 Å². The smallest absolute Gasteiger partial charge is 0.395 e. The van der Waals surface area contributed by atoms with Crippen molar-refractivity contribution < 1.29 is 90.1 Å². The van der Waals surface area contributed by atoms with Crippen LogP contribution < -0.4 is 11.5 Å². The quantitative estimate of drug-likeness (QED) is 0.0403. The molecule has 0 saturated carbocycles. The molecule has 0 aliphatic carbocycles. The lowest BCUT2D eigenvalue weighted by Crippen LogP contribution is -2.16. The molecule has 0 aromatic heterocycles. The summed E-state index contributed by atoms with van der Waals surface area (Å²) in [6.07, 6.45) is 0. The van der Waals surface area contributed by atoms with Gasteiger partial charge in [-0.2, -0.15) is 42.1 Å². The number of hydrogen-bond acceptors (Lipinski definition) is 24. The molecule has 0 aliphatic heterocycles. The van der Waals surface area contributed by atoms with E-state index in [0.717, 1.165) is 30.3 Å². The third kappa shape index (κ3) is 13.8. The summed E-state index contributed by atoms with van der Waals surface area (Å²) in [6.45, 7) is -2.22. The molecule has 0 amide bonds. The van der Waals surface area contributed by atoms with E-state index in [1.165, 1.54) is 12.1 Å². The average Bonchev–Trinajstić information content (AvgIpc) is 3.14. The Morgan fingerprint density at radius 2 is 0.766 bits per heavy atom. The van der Waals surface area contributed by atoms with Crippen LogP contribution in [0.4, 0.5) is 45.5 Å². The molecule has 0 unspecified atom stereocenters. The number of rotatable bonds is 19. The van der Waals surface area contributed by atoms with Gasteiger partial charge >= 0.3 is 20.8 Å². The molecule has 4 aromatic carbocycles. The molecule has 0 radical (unpaired) electrons. The minimum atomic E-state index is -5.37. The maximum absolute atomic E-state index is 12.8. The normalized spacial score (nSPS) is 13.6. The molecule has 0 bridgehead atoms. The van der Waals surface area contributed by atoms with Crippen LogP contribution >= 0.6 is 0 Å². The topological polar surface area (TPSA) is 485 Å². The van der Waals surface area contributed by atoms with Crippen molar-refractivity contribution in [2.75, 3.05) is 36.2 Å². The molecule has 348 valence electrons. The van der Waals surface area contributed by atoms with Crippen molar-refractivity contribution in [1.29, 1.82) is 0 Å². The summed E-state index contributed by atoms with van der Waals surface area (Å²) in [7, 11) is -34.9. The highest BCUT2D eigenvalue weighted by Crippen LogP contribution is 2.46. The highest BCUT2D eigenvalue weighted by molar-refractivity contribution is 7.92. The Balaban J connectivity index is 1.91. The number of nitrogen functional groups attached to an aromatic ring is 2. The van der Waals surface area contributed by atoms with Gasteiger partial charge in [0.05, 0.1) is 45.9 Å². The van der Waals surface area contributed by atoms with Gasteiger partial charge in [-0.1, -0.05) is 12.1 Å². The van der Waals surface area contributed by atoms with E-state index in [4.69, 9.17) is 20.6 Å². The van der Waals surface area contributed by atoms with Gasteiger partial charge < -0.3 is 11.5 Å². The molecular weight excluding hydrogens is 1010 g/mol. The monoisotopic (exact) mass is 1040 g/mol. The summed E-state index contributed by atoms with van der Waals surface area (Å²) < 4.78 is 222. The average molecular weight is 1040 g/mol. The van der Waals surface area contributed by atoms with E-state index >= 15 is 0 Å². The molecule has 0 aliphatic rings. The summed E-state index contributed by atoms with van der Waals surface area (Å²) in [5.41, 5.74) is 7.31. The Morgan fingerprint density at radius 3 is 1.14 bits per heavy atom. The zero-order chi connectivity index (χ0) is 48.3. The summed E-state index contributed by atoms with van der Waals surface area (Å²) in [5, 5.41) is 22.5.